The second-order valence-electron chi connectivity index (χ2n) is 7.36. The highest BCUT2D eigenvalue weighted by Gasteiger charge is 2.58. The minimum absolute atomic E-state index is 0.00785. The molecule has 1 aliphatic heterocycles. The lowest BCUT2D eigenvalue weighted by Gasteiger charge is -2.42. The Morgan fingerprint density at radius 3 is 2.64 bits per heavy atom. The van der Waals surface area contributed by atoms with E-state index in [0.29, 0.717) is 5.00 Å². The maximum Gasteiger partial charge on any atom is 0.341 e. The van der Waals surface area contributed by atoms with Gasteiger partial charge in [0.1, 0.15) is 17.1 Å². The molecule has 0 radical (unpaired) electrons. The van der Waals surface area contributed by atoms with Crippen LogP contribution in [0.25, 0.3) is 0 Å². The third kappa shape index (κ3) is 3.39. The zero-order valence-corrected chi connectivity index (χ0v) is 17.1. The molecule has 8 nitrogen and oxygen atoms in total. The molecule has 3 rings (SSSR count). The van der Waals surface area contributed by atoms with Crippen molar-refractivity contribution in [1.82, 2.24) is 10.2 Å². The maximum atomic E-state index is 13.1. The van der Waals surface area contributed by atoms with Crippen molar-refractivity contribution in [3.05, 3.63) is 17.0 Å². The molecule has 1 spiro atoms. The van der Waals surface area contributed by atoms with Crippen molar-refractivity contribution in [2.24, 2.45) is 11.8 Å². The van der Waals surface area contributed by atoms with Gasteiger partial charge in [0.05, 0.1) is 12.2 Å². The summed E-state index contributed by atoms with van der Waals surface area (Å²) < 4.78 is 4.96. The van der Waals surface area contributed by atoms with Crippen LogP contribution in [-0.2, 0) is 14.3 Å². The van der Waals surface area contributed by atoms with Gasteiger partial charge in [0, 0.05) is 0 Å². The van der Waals surface area contributed by atoms with Crippen LogP contribution in [-0.4, -0.2) is 47.4 Å². The minimum atomic E-state index is -0.936. The second kappa shape index (κ2) is 7.90. The molecule has 0 unspecified atom stereocenters. The van der Waals surface area contributed by atoms with E-state index in [1.54, 1.807) is 18.4 Å². The van der Waals surface area contributed by atoms with Gasteiger partial charge in [0.15, 0.2) is 0 Å². The molecule has 28 heavy (non-hydrogen) atoms. The normalized spacial score (nSPS) is 23.6. The van der Waals surface area contributed by atoms with Crippen LogP contribution in [0.2, 0.25) is 0 Å². The topological polar surface area (TPSA) is 105 Å². The van der Waals surface area contributed by atoms with Crippen LogP contribution in [0.15, 0.2) is 11.4 Å². The number of carbonyl (C=O) groups excluding carboxylic acids is 4. The quantitative estimate of drug-likeness (QED) is 0.577. The Morgan fingerprint density at radius 1 is 1.32 bits per heavy atom. The summed E-state index contributed by atoms with van der Waals surface area (Å²) in [6.45, 7) is 5.46. The lowest BCUT2D eigenvalue weighted by molar-refractivity contribution is -0.138. The van der Waals surface area contributed by atoms with Crippen LogP contribution in [0.3, 0.4) is 0 Å². The molecule has 9 heteroatoms. The average Bonchev–Trinajstić information content (AvgIpc) is 3.19. The predicted molar refractivity (Wildman–Crippen MR) is 104 cm³/mol. The summed E-state index contributed by atoms with van der Waals surface area (Å²) in [5, 5.41) is 7.48. The van der Waals surface area contributed by atoms with Gasteiger partial charge in [-0.3, -0.25) is 14.5 Å². The van der Waals surface area contributed by atoms with Crippen LogP contribution in [0, 0.1) is 11.8 Å². The van der Waals surface area contributed by atoms with Gasteiger partial charge in [0.2, 0.25) is 5.91 Å². The van der Waals surface area contributed by atoms with E-state index in [1.807, 2.05) is 13.8 Å². The SMILES string of the molecule is CCOC(=O)c1ccsc1NC(=O)CN1C(=O)NC2(C1=O)[C@@H](C)CCC[C@@H]2C. The van der Waals surface area contributed by atoms with E-state index in [4.69, 9.17) is 4.74 Å². The van der Waals surface area contributed by atoms with Gasteiger partial charge in [-0.1, -0.05) is 20.3 Å². The largest absolute Gasteiger partial charge is 0.462 e. The van der Waals surface area contributed by atoms with Crippen LogP contribution < -0.4 is 10.6 Å². The number of nitrogens with one attached hydrogen (secondary N) is 2. The second-order valence-corrected chi connectivity index (χ2v) is 8.27. The zero-order chi connectivity index (χ0) is 20.5. The molecule has 0 aromatic carbocycles. The van der Waals surface area contributed by atoms with E-state index in [2.05, 4.69) is 10.6 Å². The first-order valence-electron chi connectivity index (χ1n) is 9.49. The number of amides is 4. The molecular formula is C19H25N3O5S. The van der Waals surface area contributed by atoms with Crippen LogP contribution in [0.5, 0.6) is 0 Å². The lowest BCUT2D eigenvalue weighted by atomic mass is 9.67. The standard InChI is InChI=1S/C19H25N3O5S/c1-4-27-16(24)13-8-9-28-15(13)20-14(23)10-22-17(25)19(21-18(22)26)11(2)6-5-7-12(19)3/h8-9,11-12H,4-7,10H2,1-3H3,(H,20,23)(H,21,26)/t11-,12-/m0/s1. The number of urea groups is 1. The van der Waals surface area contributed by atoms with Crippen LogP contribution >= 0.6 is 11.3 Å². The fourth-order valence-corrected chi connectivity index (χ4v) is 4.97. The first kappa shape index (κ1) is 20.3. The number of thiophene rings is 1. The van der Waals surface area contributed by atoms with E-state index >= 15 is 0 Å². The first-order valence-corrected chi connectivity index (χ1v) is 10.4. The highest BCUT2D eigenvalue weighted by Crippen LogP contribution is 2.42. The van der Waals surface area contributed by atoms with Gasteiger partial charge < -0.3 is 15.4 Å². The number of hydrogen-bond acceptors (Lipinski definition) is 6. The first-order chi connectivity index (χ1) is 13.3. The van der Waals surface area contributed by atoms with Crippen molar-refractivity contribution in [2.45, 2.75) is 45.6 Å². The number of esters is 1. The van der Waals surface area contributed by atoms with Crippen molar-refractivity contribution in [2.75, 3.05) is 18.5 Å². The van der Waals surface area contributed by atoms with Gasteiger partial charge in [-0.05, 0) is 43.0 Å². The van der Waals surface area contributed by atoms with E-state index < -0.39 is 30.0 Å². The fraction of sp³-hybridized carbons (Fsp3) is 0.579. The lowest BCUT2D eigenvalue weighted by Crippen LogP contribution is -2.59. The van der Waals surface area contributed by atoms with Gasteiger partial charge in [0.25, 0.3) is 5.91 Å². The number of rotatable bonds is 5. The molecule has 1 aliphatic carbocycles. The summed E-state index contributed by atoms with van der Waals surface area (Å²) in [6, 6.07) is 1.02. The smallest absolute Gasteiger partial charge is 0.341 e. The highest BCUT2D eigenvalue weighted by atomic mass is 32.1. The monoisotopic (exact) mass is 407 g/mol. The fourth-order valence-electron chi connectivity index (χ4n) is 4.18. The molecule has 0 bridgehead atoms. The molecule has 2 atom stereocenters. The van der Waals surface area contributed by atoms with Crippen molar-refractivity contribution in [3.8, 4) is 0 Å². The molecule has 1 saturated heterocycles. The molecule has 1 aromatic rings. The van der Waals surface area contributed by atoms with Crippen LogP contribution in [0.1, 0.15) is 50.4 Å². The number of imide groups is 1. The summed E-state index contributed by atoms with van der Waals surface area (Å²) in [5.41, 5.74) is -0.683. The van der Waals surface area contributed by atoms with Crippen molar-refractivity contribution in [3.63, 3.8) is 0 Å². The van der Waals surface area contributed by atoms with Crippen molar-refractivity contribution in [1.29, 1.82) is 0 Å². The molecule has 152 valence electrons. The maximum absolute atomic E-state index is 13.1. The van der Waals surface area contributed by atoms with E-state index in [1.165, 1.54) is 11.3 Å². The molecule has 2 aliphatic rings. The molecular weight excluding hydrogens is 382 g/mol. The van der Waals surface area contributed by atoms with E-state index in [0.717, 1.165) is 24.2 Å². The molecule has 2 N–H and O–H groups in total. The third-order valence-corrected chi connectivity index (χ3v) is 6.53. The van der Waals surface area contributed by atoms with Crippen LogP contribution in [0.4, 0.5) is 9.80 Å². The Morgan fingerprint density at radius 2 is 2.00 bits per heavy atom. The minimum Gasteiger partial charge on any atom is -0.462 e. The Balaban J connectivity index is 1.71. The molecule has 1 saturated carbocycles. The number of hydrogen-bond donors (Lipinski definition) is 2. The van der Waals surface area contributed by atoms with E-state index in [-0.39, 0.29) is 29.9 Å². The summed E-state index contributed by atoms with van der Waals surface area (Å²) in [4.78, 5) is 51.0. The predicted octanol–water partition coefficient (Wildman–Crippen LogP) is 2.61. The average molecular weight is 407 g/mol. The number of ether oxygens (including phenoxy) is 1. The third-order valence-electron chi connectivity index (χ3n) is 5.70. The Bertz CT molecular complexity index is 795. The zero-order valence-electron chi connectivity index (χ0n) is 16.2. The molecule has 4 amide bonds. The van der Waals surface area contributed by atoms with Gasteiger partial charge in [-0.15, -0.1) is 11.3 Å². The summed E-state index contributed by atoms with van der Waals surface area (Å²) >= 11 is 1.18. The summed E-state index contributed by atoms with van der Waals surface area (Å²) in [6.07, 6.45) is 2.73. The van der Waals surface area contributed by atoms with E-state index in [9.17, 15) is 19.2 Å². The van der Waals surface area contributed by atoms with Gasteiger partial charge in [-0.25, -0.2) is 9.59 Å². The molecule has 2 heterocycles. The number of anilines is 1. The number of nitrogens with zero attached hydrogens (tertiary/aromatic N) is 1. The van der Waals surface area contributed by atoms with Gasteiger partial charge >= 0.3 is 12.0 Å². The molecule has 1 aromatic heterocycles. The Kier molecular flexibility index (Phi) is 5.74. The van der Waals surface area contributed by atoms with Crippen molar-refractivity contribution >= 4 is 40.2 Å². The Hall–Kier alpha value is -2.42. The highest BCUT2D eigenvalue weighted by molar-refractivity contribution is 7.14. The molecule has 2 fully saturated rings. The van der Waals surface area contributed by atoms with Gasteiger partial charge in [-0.2, -0.15) is 0 Å². The summed E-state index contributed by atoms with van der Waals surface area (Å²) in [5.74, 6) is -1.39. The van der Waals surface area contributed by atoms with Crippen molar-refractivity contribution < 1.29 is 23.9 Å². The Labute approximate surface area is 167 Å². The summed E-state index contributed by atoms with van der Waals surface area (Å²) in [7, 11) is 0. The number of carbonyl (C=O) groups is 4.